The summed E-state index contributed by atoms with van der Waals surface area (Å²) in [4.78, 5) is 39.3. The molecule has 2 N–H and O–H groups in total. The zero-order chi connectivity index (χ0) is 17.5. The van der Waals surface area contributed by atoms with Crippen LogP contribution < -0.4 is 10.6 Å². The van der Waals surface area contributed by atoms with E-state index >= 15 is 0 Å². The summed E-state index contributed by atoms with van der Waals surface area (Å²) in [6.45, 7) is 1.27. The van der Waals surface area contributed by atoms with E-state index in [4.69, 9.17) is 0 Å². The summed E-state index contributed by atoms with van der Waals surface area (Å²) in [5, 5.41) is 5.47. The third kappa shape index (κ3) is 4.47. The fourth-order valence-corrected chi connectivity index (χ4v) is 2.66. The SMILES string of the molecule is CN(C)C(=O)NCCNC(=O)C1CCCN1C(=O)c1ccccc1. The first-order valence-electron chi connectivity index (χ1n) is 8.09. The second-order valence-electron chi connectivity index (χ2n) is 5.94. The van der Waals surface area contributed by atoms with Crippen LogP contribution in [0.1, 0.15) is 23.2 Å². The van der Waals surface area contributed by atoms with E-state index in [2.05, 4.69) is 10.6 Å². The molecule has 1 aromatic carbocycles. The Labute approximate surface area is 142 Å². The summed E-state index contributed by atoms with van der Waals surface area (Å²) in [6.07, 6.45) is 1.47. The predicted octanol–water partition coefficient (Wildman–Crippen LogP) is 0.679. The molecule has 0 aliphatic carbocycles. The molecule has 1 heterocycles. The third-order valence-corrected chi connectivity index (χ3v) is 3.94. The number of urea groups is 1. The molecule has 130 valence electrons. The Bertz CT molecular complexity index is 589. The monoisotopic (exact) mass is 332 g/mol. The number of hydrogen-bond donors (Lipinski definition) is 2. The molecule has 0 bridgehead atoms. The lowest BCUT2D eigenvalue weighted by Gasteiger charge is -2.24. The van der Waals surface area contributed by atoms with Crippen LogP contribution in [0.4, 0.5) is 4.79 Å². The molecule has 4 amide bonds. The van der Waals surface area contributed by atoms with Gasteiger partial charge in [-0.05, 0) is 25.0 Å². The van der Waals surface area contributed by atoms with E-state index in [-0.39, 0.29) is 17.8 Å². The number of carbonyl (C=O) groups is 3. The van der Waals surface area contributed by atoms with Crippen molar-refractivity contribution in [3.8, 4) is 0 Å². The average molecular weight is 332 g/mol. The number of likely N-dealkylation sites (tertiary alicyclic amines) is 1. The molecule has 0 spiro atoms. The fraction of sp³-hybridized carbons (Fsp3) is 0.471. The first kappa shape index (κ1) is 17.8. The van der Waals surface area contributed by atoms with Crippen molar-refractivity contribution in [2.75, 3.05) is 33.7 Å². The standard InChI is InChI=1S/C17H24N4O3/c1-20(2)17(24)19-11-10-18-15(22)14-9-6-12-21(14)16(23)13-7-4-3-5-8-13/h3-5,7-8,14H,6,9-12H2,1-2H3,(H,18,22)(H,19,24). The van der Waals surface area contributed by atoms with Crippen LogP contribution in [0.25, 0.3) is 0 Å². The van der Waals surface area contributed by atoms with Crippen LogP contribution in [0.5, 0.6) is 0 Å². The molecule has 7 heteroatoms. The van der Waals surface area contributed by atoms with Gasteiger partial charge in [-0.15, -0.1) is 0 Å². The van der Waals surface area contributed by atoms with Crippen molar-refractivity contribution in [1.29, 1.82) is 0 Å². The van der Waals surface area contributed by atoms with E-state index < -0.39 is 6.04 Å². The summed E-state index contributed by atoms with van der Waals surface area (Å²) in [6, 6.07) is 8.34. The predicted molar refractivity (Wildman–Crippen MR) is 90.6 cm³/mol. The molecule has 1 fully saturated rings. The van der Waals surface area contributed by atoms with Crippen molar-refractivity contribution in [3.05, 3.63) is 35.9 Å². The Morgan fingerprint density at radius 1 is 1.12 bits per heavy atom. The minimum absolute atomic E-state index is 0.117. The maximum Gasteiger partial charge on any atom is 0.316 e. The van der Waals surface area contributed by atoms with Crippen molar-refractivity contribution >= 4 is 17.8 Å². The lowest BCUT2D eigenvalue weighted by atomic mass is 10.1. The number of carbonyl (C=O) groups excluding carboxylic acids is 3. The topological polar surface area (TPSA) is 81.8 Å². The van der Waals surface area contributed by atoms with Gasteiger partial charge in [0.25, 0.3) is 5.91 Å². The molecule has 1 atom stereocenters. The van der Waals surface area contributed by atoms with Gasteiger partial charge in [-0.1, -0.05) is 18.2 Å². The number of nitrogens with one attached hydrogen (secondary N) is 2. The Morgan fingerprint density at radius 2 is 1.79 bits per heavy atom. The summed E-state index contributed by atoms with van der Waals surface area (Å²) < 4.78 is 0. The van der Waals surface area contributed by atoms with E-state index in [1.54, 1.807) is 31.1 Å². The highest BCUT2D eigenvalue weighted by Crippen LogP contribution is 2.20. The largest absolute Gasteiger partial charge is 0.353 e. The van der Waals surface area contributed by atoms with Crippen molar-refractivity contribution in [2.45, 2.75) is 18.9 Å². The van der Waals surface area contributed by atoms with Gasteiger partial charge in [-0.2, -0.15) is 0 Å². The van der Waals surface area contributed by atoms with Gasteiger partial charge < -0.3 is 20.4 Å². The molecular formula is C17H24N4O3. The molecule has 1 unspecified atom stereocenters. The van der Waals surface area contributed by atoms with Gasteiger partial charge in [0, 0.05) is 39.3 Å². The third-order valence-electron chi connectivity index (χ3n) is 3.94. The number of amides is 4. The first-order chi connectivity index (χ1) is 11.5. The molecule has 1 saturated heterocycles. The Kier molecular flexibility index (Phi) is 6.17. The molecule has 1 aromatic rings. The Morgan fingerprint density at radius 3 is 2.46 bits per heavy atom. The molecule has 7 nitrogen and oxygen atoms in total. The smallest absolute Gasteiger partial charge is 0.316 e. The van der Waals surface area contributed by atoms with Gasteiger partial charge in [-0.25, -0.2) is 4.79 Å². The highest BCUT2D eigenvalue weighted by atomic mass is 16.2. The van der Waals surface area contributed by atoms with Gasteiger partial charge in [-0.3, -0.25) is 9.59 Å². The van der Waals surface area contributed by atoms with E-state index in [1.165, 1.54) is 4.90 Å². The van der Waals surface area contributed by atoms with E-state index in [0.717, 1.165) is 6.42 Å². The lowest BCUT2D eigenvalue weighted by Crippen LogP contribution is -2.48. The van der Waals surface area contributed by atoms with Gasteiger partial charge >= 0.3 is 6.03 Å². The maximum atomic E-state index is 12.5. The van der Waals surface area contributed by atoms with Crippen LogP contribution in [-0.4, -0.2) is 67.4 Å². The number of hydrogen-bond acceptors (Lipinski definition) is 3. The minimum Gasteiger partial charge on any atom is -0.353 e. The van der Waals surface area contributed by atoms with E-state index in [0.29, 0.717) is 31.6 Å². The van der Waals surface area contributed by atoms with Crippen LogP contribution in [0.15, 0.2) is 30.3 Å². The summed E-state index contributed by atoms with van der Waals surface area (Å²) in [5.41, 5.74) is 0.593. The lowest BCUT2D eigenvalue weighted by molar-refractivity contribution is -0.124. The van der Waals surface area contributed by atoms with Crippen LogP contribution in [0, 0.1) is 0 Å². The average Bonchev–Trinajstić information content (AvgIpc) is 3.08. The number of benzene rings is 1. The van der Waals surface area contributed by atoms with Gasteiger partial charge in [0.2, 0.25) is 5.91 Å². The first-order valence-corrected chi connectivity index (χ1v) is 8.09. The van der Waals surface area contributed by atoms with Crippen LogP contribution in [0.3, 0.4) is 0 Å². The second-order valence-corrected chi connectivity index (χ2v) is 5.94. The zero-order valence-electron chi connectivity index (χ0n) is 14.1. The Hall–Kier alpha value is -2.57. The summed E-state index contributed by atoms with van der Waals surface area (Å²) >= 11 is 0. The number of nitrogens with zero attached hydrogens (tertiary/aromatic N) is 2. The highest BCUT2D eigenvalue weighted by molar-refractivity contribution is 5.97. The molecule has 1 aliphatic heterocycles. The van der Waals surface area contributed by atoms with Crippen LogP contribution >= 0.6 is 0 Å². The zero-order valence-corrected chi connectivity index (χ0v) is 14.1. The fourth-order valence-electron chi connectivity index (χ4n) is 2.66. The van der Waals surface area contributed by atoms with Crippen LogP contribution in [0.2, 0.25) is 0 Å². The molecule has 0 saturated carbocycles. The molecular weight excluding hydrogens is 308 g/mol. The molecule has 24 heavy (non-hydrogen) atoms. The van der Waals surface area contributed by atoms with Crippen LogP contribution in [-0.2, 0) is 4.79 Å². The van der Waals surface area contributed by atoms with Gasteiger partial charge in [0.05, 0.1) is 0 Å². The maximum absolute atomic E-state index is 12.5. The second kappa shape index (κ2) is 8.33. The molecule has 2 rings (SSSR count). The van der Waals surface area contributed by atoms with Crippen molar-refractivity contribution < 1.29 is 14.4 Å². The molecule has 0 radical (unpaired) electrons. The Balaban J connectivity index is 1.85. The molecule has 1 aliphatic rings. The van der Waals surface area contributed by atoms with Gasteiger partial charge in [0.1, 0.15) is 6.04 Å². The summed E-state index contributed by atoms with van der Waals surface area (Å²) in [7, 11) is 3.30. The van der Waals surface area contributed by atoms with E-state index in [1.807, 2.05) is 18.2 Å². The number of rotatable bonds is 5. The molecule has 0 aromatic heterocycles. The van der Waals surface area contributed by atoms with Crippen molar-refractivity contribution in [1.82, 2.24) is 20.4 Å². The van der Waals surface area contributed by atoms with E-state index in [9.17, 15) is 14.4 Å². The van der Waals surface area contributed by atoms with Crippen molar-refractivity contribution in [3.63, 3.8) is 0 Å². The normalized spacial score (nSPS) is 16.6. The highest BCUT2D eigenvalue weighted by Gasteiger charge is 2.34. The minimum atomic E-state index is -0.442. The quantitative estimate of drug-likeness (QED) is 0.778. The van der Waals surface area contributed by atoms with Crippen molar-refractivity contribution in [2.24, 2.45) is 0 Å². The summed E-state index contributed by atoms with van der Waals surface area (Å²) in [5.74, 6) is -0.287. The van der Waals surface area contributed by atoms with Gasteiger partial charge in [0.15, 0.2) is 0 Å².